The van der Waals surface area contributed by atoms with E-state index in [0.717, 1.165) is 24.0 Å². The zero-order chi connectivity index (χ0) is 30.0. The maximum atomic E-state index is 13.9. The molecule has 3 aromatic rings. The number of aryl methyl sites for hydroxylation is 1. The Hall–Kier alpha value is -3.73. The Balaban J connectivity index is 1.56. The van der Waals surface area contributed by atoms with E-state index in [2.05, 4.69) is 5.32 Å². The molecule has 10 heteroatoms. The fraction of sp³-hybridized carbons (Fsp3) is 0.375. The van der Waals surface area contributed by atoms with E-state index < -0.39 is 16.1 Å². The summed E-state index contributed by atoms with van der Waals surface area (Å²) in [4.78, 5) is 29.2. The van der Waals surface area contributed by atoms with Crippen molar-refractivity contribution in [1.29, 1.82) is 0 Å². The van der Waals surface area contributed by atoms with Crippen molar-refractivity contribution in [3.8, 4) is 5.75 Å². The van der Waals surface area contributed by atoms with Crippen molar-refractivity contribution >= 4 is 21.8 Å². The molecule has 1 heterocycles. The lowest BCUT2D eigenvalue weighted by Crippen LogP contribution is -2.43. The normalized spacial score (nSPS) is 14.3. The zero-order valence-corrected chi connectivity index (χ0v) is 24.8. The molecule has 0 unspecified atom stereocenters. The molecule has 0 bridgehead atoms. The highest BCUT2D eigenvalue weighted by molar-refractivity contribution is 7.89. The lowest BCUT2D eigenvalue weighted by atomic mass is 10.0. The van der Waals surface area contributed by atoms with Crippen LogP contribution < -0.4 is 10.1 Å². The molecular weight excluding hydrogens is 554 g/mol. The van der Waals surface area contributed by atoms with Crippen LogP contribution in [0.15, 0.2) is 83.8 Å². The van der Waals surface area contributed by atoms with Gasteiger partial charge in [0.15, 0.2) is 0 Å². The molecule has 3 aromatic carbocycles. The minimum absolute atomic E-state index is 0.0527. The number of rotatable bonds is 14. The van der Waals surface area contributed by atoms with Crippen molar-refractivity contribution < 1.29 is 27.9 Å². The molecule has 1 aliphatic heterocycles. The largest absolute Gasteiger partial charge is 0.497 e. The van der Waals surface area contributed by atoms with Gasteiger partial charge in [-0.2, -0.15) is 4.31 Å². The third-order valence-electron chi connectivity index (χ3n) is 7.40. The number of aliphatic hydroxyl groups is 1. The number of amides is 2. The number of nitrogens with zero attached hydrogens (tertiary/aromatic N) is 2. The van der Waals surface area contributed by atoms with Gasteiger partial charge in [0.05, 0.1) is 12.0 Å². The first-order chi connectivity index (χ1) is 20.3. The van der Waals surface area contributed by atoms with E-state index in [4.69, 9.17) is 4.74 Å². The van der Waals surface area contributed by atoms with Gasteiger partial charge in [-0.05, 0) is 66.6 Å². The molecule has 1 fully saturated rings. The van der Waals surface area contributed by atoms with E-state index in [1.165, 1.54) is 4.31 Å². The maximum Gasteiger partial charge on any atom is 0.247 e. The summed E-state index contributed by atoms with van der Waals surface area (Å²) >= 11 is 0. The molecule has 1 aliphatic rings. The second-order valence-electron chi connectivity index (χ2n) is 10.3. The highest BCUT2D eigenvalue weighted by Gasteiger charge is 2.31. The predicted octanol–water partition coefficient (Wildman–Crippen LogP) is 3.68. The summed E-state index contributed by atoms with van der Waals surface area (Å²) in [6.45, 7) is 1.51. The first-order valence-corrected chi connectivity index (χ1v) is 15.7. The summed E-state index contributed by atoms with van der Waals surface area (Å²) in [5.41, 5.74) is 2.35. The van der Waals surface area contributed by atoms with Crippen LogP contribution in [-0.2, 0) is 32.6 Å². The number of hydrogen-bond acceptors (Lipinski definition) is 6. The Labute approximate surface area is 248 Å². The van der Waals surface area contributed by atoms with Crippen LogP contribution in [0.2, 0.25) is 0 Å². The van der Waals surface area contributed by atoms with E-state index in [1.54, 1.807) is 36.3 Å². The van der Waals surface area contributed by atoms with Gasteiger partial charge in [-0.25, -0.2) is 8.42 Å². The minimum atomic E-state index is -3.51. The zero-order valence-electron chi connectivity index (χ0n) is 23.9. The summed E-state index contributed by atoms with van der Waals surface area (Å²) in [7, 11) is -1.93. The third kappa shape index (κ3) is 7.96. The topological polar surface area (TPSA) is 116 Å². The fourth-order valence-electron chi connectivity index (χ4n) is 5.05. The smallest absolute Gasteiger partial charge is 0.247 e. The number of ether oxygens (including phenoxy) is 1. The molecule has 1 atom stereocenters. The van der Waals surface area contributed by atoms with Crippen molar-refractivity contribution in [3.05, 3.63) is 95.6 Å². The van der Waals surface area contributed by atoms with E-state index in [0.29, 0.717) is 37.2 Å². The molecule has 9 nitrogen and oxygen atoms in total. The Bertz CT molecular complexity index is 1410. The number of nitrogens with one attached hydrogen (secondary N) is 1. The molecule has 2 N–H and O–H groups in total. The van der Waals surface area contributed by atoms with Crippen molar-refractivity contribution in [2.45, 2.75) is 49.6 Å². The fourth-order valence-corrected chi connectivity index (χ4v) is 6.56. The average molecular weight is 594 g/mol. The summed E-state index contributed by atoms with van der Waals surface area (Å²) < 4.78 is 32.6. The predicted molar refractivity (Wildman–Crippen MR) is 160 cm³/mol. The number of methoxy groups -OCH3 is 1. The molecular formula is C32H39N3O6S. The number of hydrogen-bond donors (Lipinski definition) is 2. The SMILES string of the molecule is COc1ccc(CN(C(=O)CCc2ccc(S(=O)(=O)N3CCCC3)cc2)[C@@H](C(=O)NCCCO)c2ccccc2)cc1. The number of sulfonamides is 1. The van der Waals surface area contributed by atoms with Crippen LogP contribution in [-0.4, -0.2) is 67.9 Å². The summed E-state index contributed by atoms with van der Waals surface area (Å²) in [6, 6.07) is 22.3. The van der Waals surface area contributed by atoms with Gasteiger partial charge in [0.1, 0.15) is 11.8 Å². The molecule has 0 radical (unpaired) electrons. The molecule has 42 heavy (non-hydrogen) atoms. The van der Waals surface area contributed by atoms with Gasteiger partial charge in [-0.1, -0.05) is 54.6 Å². The Morgan fingerprint density at radius 2 is 1.60 bits per heavy atom. The van der Waals surface area contributed by atoms with Crippen LogP contribution in [0.25, 0.3) is 0 Å². The lowest BCUT2D eigenvalue weighted by Gasteiger charge is -2.32. The molecule has 0 aromatic heterocycles. The number of aliphatic hydroxyl groups excluding tert-OH is 1. The van der Waals surface area contributed by atoms with Gasteiger partial charge in [-0.15, -0.1) is 0 Å². The second-order valence-corrected chi connectivity index (χ2v) is 12.2. The highest BCUT2D eigenvalue weighted by atomic mass is 32.2. The van der Waals surface area contributed by atoms with Gasteiger partial charge < -0.3 is 20.1 Å². The van der Waals surface area contributed by atoms with Crippen LogP contribution in [0.1, 0.15) is 48.4 Å². The molecule has 224 valence electrons. The molecule has 0 aliphatic carbocycles. The van der Waals surface area contributed by atoms with E-state index in [9.17, 15) is 23.1 Å². The standard InChI is InChI=1S/C32H39N3O6S/c1-41-28-15-10-26(11-16-28)24-35(31(27-8-3-2-4-9-27)32(38)33-20-7-23-36)30(37)19-14-25-12-17-29(18-13-25)42(39,40)34-21-5-6-22-34/h2-4,8-13,15-18,31,36H,5-7,14,19-24H2,1H3,(H,33,38)/t31-/m1/s1. The second kappa shape index (κ2) is 14.9. The van der Waals surface area contributed by atoms with Crippen LogP contribution >= 0.6 is 0 Å². The molecule has 0 saturated carbocycles. The first kappa shape index (κ1) is 31.2. The Morgan fingerprint density at radius 1 is 0.952 bits per heavy atom. The van der Waals surface area contributed by atoms with Gasteiger partial charge in [-0.3, -0.25) is 9.59 Å². The van der Waals surface area contributed by atoms with Crippen LogP contribution in [0, 0.1) is 0 Å². The molecule has 1 saturated heterocycles. The van der Waals surface area contributed by atoms with Crippen molar-refractivity contribution in [2.75, 3.05) is 33.4 Å². The number of carbonyl (C=O) groups excluding carboxylic acids is 2. The molecule has 4 rings (SSSR count). The summed E-state index contributed by atoms with van der Waals surface area (Å²) in [5, 5.41) is 12.1. The highest BCUT2D eigenvalue weighted by Crippen LogP contribution is 2.26. The first-order valence-electron chi connectivity index (χ1n) is 14.3. The average Bonchev–Trinajstić information content (AvgIpc) is 3.57. The van der Waals surface area contributed by atoms with Crippen LogP contribution in [0.5, 0.6) is 5.75 Å². The summed E-state index contributed by atoms with van der Waals surface area (Å²) in [6.07, 6.45) is 2.66. The van der Waals surface area contributed by atoms with Gasteiger partial charge in [0, 0.05) is 39.2 Å². The molecule has 2 amide bonds. The van der Waals surface area contributed by atoms with E-state index in [-0.39, 0.29) is 42.8 Å². The number of benzene rings is 3. The monoisotopic (exact) mass is 593 g/mol. The van der Waals surface area contributed by atoms with E-state index in [1.807, 2.05) is 54.6 Å². The van der Waals surface area contributed by atoms with Crippen LogP contribution in [0.4, 0.5) is 0 Å². The van der Waals surface area contributed by atoms with Crippen molar-refractivity contribution in [3.63, 3.8) is 0 Å². The van der Waals surface area contributed by atoms with Crippen molar-refractivity contribution in [1.82, 2.24) is 14.5 Å². The quantitative estimate of drug-likeness (QED) is 0.276. The van der Waals surface area contributed by atoms with Crippen molar-refractivity contribution in [2.24, 2.45) is 0 Å². The Kier molecular flexibility index (Phi) is 11.1. The van der Waals surface area contributed by atoms with Gasteiger partial charge >= 0.3 is 0 Å². The molecule has 0 spiro atoms. The van der Waals surface area contributed by atoms with E-state index >= 15 is 0 Å². The summed E-state index contributed by atoms with van der Waals surface area (Å²) in [5.74, 6) is 0.145. The maximum absolute atomic E-state index is 13.9. The van der Waals surface area contributed by atoms with Crippen LogP contribution in [0.3, 0.4) is 0 Å². The minimum Gasteiger partial charge on any atom is -0.497 e. The van der Waals surface area contributed by atoms with Gasteiger partial charge in [0.25, 0.3) is 0 Å². The third-order valence-corrected chi connectivity index (χ3v) is 9.31. The lowest BCUT2D eigenvalue weighted by molar-refractivity contribution is -0.141. The number of carbonyl (C=O) groups is 2. The Morgan fingerprint density at radius 3 is 2.21 bits per heavy atom. The van der Waals surface area contributed by atoms with Gasteiger partial charge in [0.2, 0.25) is 21.8 Å².